The van der Waals surface area contributed by atoms with Gasteiger partial charge in [0.25, 0.3) is 0 Å². The second-order valence-electron chi connectivity index (χ2n) is 9.14. The Bertz CT molecular complexity index is 744. The number of rotatable bonds is 7. The van der Waals surface area contributed by atoms with Crippen molar-refractivity contribution in [3.63, 3.8) is 0 Å². The van der Waals surface area contributed by atoms with Gasteiger partial charge in [-0.2, -0.15) is 0 Å². The normalized spacial score (nSPS) is 30.4. The molecule has 4 aliphatic rings. The minimum absolute atomic E-state index is 0.0501. The quantitative estimate of drug-likeness (QED) is 0.563. The van der Waals surface area contributed by atoms with E-state index in [0.717, 1.165) is 37.0 Å². The maximum absolute atomic E-state index is 12.4. The van der Waals surface area contributed by atoms with Crippen molar-refractivity contribution in [2.75, 3.05) is 6.54 Å². The molecule has 5 rings (SSSR count). The van der Waals surface area contributed by atoms with Gasteiger partial charge < -0.3 is 21.7 Å². The van der Waals surface area contributed by atoms with E-state index in [1.54, 1.807) is 24.3 Å². The number of nitrogens with two attached hydrogens (primary N) is 1. The fourth-order valence-electron chi connectivity index (χ4n) is 6.04. The van der Waals surface area contributed by atoms with Crippen LogP contribution in [0.25, 0.3) is 0 Å². The van der Waals surface area contributed by atoms with Gasteiger partial charge >= 0.3 is 6.03 Å². The van der Waals surface area contributed by atoms with E-state index in [2.05, 4.69) is 16.0 Å². The molecule has 4 saturated carbocycles. The zero-order valence-electron chi connectivity index (χ0n) is 16.7. The lowest BCUT2D eigenvalue weighted by Crippen LogP contribution is -2.61. The lowest BCUT2D eigenvalue weighted by Gasteiger charge is -2.56. The summed E-state index contributed by atoms with van der Waals surface area (Å²) in [5.41, 5.74) is 6.02. The van der Waals surface area contributed by atoms with Crippen molar-refractivity contribution in [3.05, 3.63) is 35.9 Å². The van der Waals surface area contributed by atoms with Crippen molar-refractivity contribution in [3.8, 4) is 0 Å². The average molecular weight is 399 g/mol. The Balaban J connectivity index is 1.23. The Morgan fingerprint density at radius 2 is 1.59 bits per heavy atom. The maximum Gasteiger partial charge on any atom is 0.315 e. The Morgan fingerprint density at radius 3 is 2.14 bits per heavy atom. The lowest BCUT2D eigenvalue weighted by molar-refractivity contribution is -0.127. The highest BCUT2D eigenvalue weighted by Crippen LogP contribution is 2.55. The summed E-state index contributed by atoms with van der Waals surface area (Å²) in [6.07, 6.45) is 7.32. The zero-order valence-corrected chi connectivity index (χ0v) is 16.7. The van der Waals surface area contributed by atoms with Crippen LogP contribution in [0.1, 0.15) is 56.6 Å². The third-order valence-electron chi connectivity index (χ3n) is 6.78. The average Bonchev–Trinajstić information content (AvgIpc) is 2.65. The van der Waals surface area contributed by atoms with E-state index in [1.807, 2.05) is 6.07 Å². The van der Waals surface area contributed by atoms with Gasteiger partial charge in [0.2, 0.25) is 11.8 Å². The van der Waals surface area contributed by atoms with Gasteiger partial charge in [0.1, 0.15) is 6.04 Å². The maximum atomic E-state index is 12.4. The SMILES string of the molecule is NC(=O)C(NC(=O)CCNC(=O)NC12CC3CC(CC(C3)C1)C2)c1ccccc1. The number of carbonyl (C=O) groups is 3. The molecule has 29 heavy (non-hydrogen) atoms. The summed E-state index contributed by atoms with van der Waals surface area (Å²) in [4.78, 5) is 36.4. The van der Waals surface area contributed by atoms with E-state index in [9.17, 15) is 14.4 Å². The number of nitrogens with one attached hydrogen (secondary N) is 3. The van der Waals surface area contributed by atoms with Gasteiger partial charge in [-0.3, -0.25) is 9.59 Å². The first-order chi connectivity index (χ1) is 13.9. The summed E-state index contributed by atoms with van der Waals surface area (Å²) in [5, 5.41) is 8.68. The van der Waals surface area contributed by atoms with Crippen molar-refractivity contribution in [2.45, 2.75) is 56.5 Å². The summed E-state index contributed by atoms with van der Waals surface area (Å²) in [7, 11) is 0. The largest absolute Gasteiger partial charge is 0.368 e. The van der Waals surface area contributed by atoms with Crippen LogP contribution in [0.15, 0.2) is 30.3 Å². The van der Waals surface area contributed by atoms with Crippen molar-refractivity contribution < 1.29 is 14.4 Å². The zero-order chi connectivity index (χ0) is 20.4. The van der Waals surface area contributed by atoms with Gasteiger partial charge in [-0.15, -0.1) is 0 Å². The van der Waals surface area contributed by atoms with Gasteiger partial charge in [0.05, 0.1) is 0 Å². The topological polar surface area (TPSA) is 113 Å². The fourth-order valence-corrected chi connectivity index (χ4v) is 6.04. The molecule has 4 aliphatic carbocycles. The molecule has 0 spiro atoms. The molecule has 7 heteroatoms. The number of amides is 4. The van der Waals surface area contributed by atoms with Gasteiger partial charge in [0.15, 0.2) is 0 Å². The molecular formula is C22H30N4O3. The molecule has 0 saturated heterocycles. The van der Waals surface area contributed by atoms with Gasteiger partial charge in [-0.05, 0) is 61.8 Å². The van der Waals surface area contributed by atoms with E-state index in [4.69, 9.17) is 5.73 Å². The molecule has 4 fully saturated rings. The molecule has 1 unspecified atom stereocenters. The summed E-state index contributed by atoms with van der Waals surface area (Å²) < 4.78 is 0. The third-order valence-corrected chi connectivity index (χ3v) is 6.78. The minimum atomic E-state index is -0.871. The van der Waals surface area contributed by atoms with Gasteiger partial charge in [-0.1, -0.05) is 30.3 Å². The monoisotopic (exact) mass is 398 g/mol. The van der Waals surface area contributed by atoms with Crippen LogP contribution in [0.3, 0.4) is 0 Å². The van der Waals surface area contributed by atoms with Crippen LogP contribution in [0, 0.1) is 17.8 Å². The van der Waals surface area contributed by atoms with Crippen molar-refractivity contribution in [2.24, 2.45) is 23.5 Å². The molecule has 1 aromatic rings. The molecule has 5 N–H and O–H groups in total. The fraction of sp³-hybridized carbons (Fsp3) is 0.591. The Labute approximate surface area is 171 Å². The smallest absolute Gasteiger partial charge is 0.315 e. The Hall–Kier alpha value is -2.57. The molecule has 4 amide bonds. The second-order valence-corrected chi connectivity index (χ2v) is 9.14. The highest BCUT2D eigenvalue weighted by molar-refractivity contribution is 5.87. The van der Waals surface area contributed by atoms with E-state index in [1.165, 1.54) is 19.3 Å². The van der Waals surface area contributed by atoms with Crippen LogP contribution in [0.2, 0.25) is 0 Å². The molecule has 0 radical (unpaired) electrons. The molecule has 156 valence electrons. The first kappa shape index (κ1) is 19.7. The van der Waals surface area contributed by atoms with Crippen molar-refractivity contribution in [1.29, 1.82) is 0 Å². The predicted octanol–water partition coefficient (Wildman–Crippen LogP) is 1.99. The van der Waals surface area contributed by atoms with Crippen LogP contribution in [-0.4, -0.2) is 29.9 Å². The second kappa shape index (κ2) is 8.05. The van der Waals surface area contributed by atoms with Crippen molar-refractivity contribution >= 4 is 17.8 Å². The number of carbonyl (C=O) groups excluding carboxylic acids is 3. The molecule has 0 aromatic heterocycles. The number of primary amides is 1. The van der Waals surface area contributed by atoms with Gasteiger partial charge in [-0.25, -0.2) is 4.79 Å². The van der Waals surface area contributed by atoms with Crippen LogP contribution >= 0.6 is 0 Å². The highest BCUT2D eigenvalue weighted by Gasteiger charge is 2.51. The molecule has 0 heterocycles. The number of urea groups is 1. The predicted molar refractivity (Wildman–Crippen MR) is 109 cm³/mol. The van der Waals surface area contributed by atoms with Crippen LogP contribution in [-0.2, 0) is 9.59 Å². The molecular weight excluding hydrogens is 368 g/mol. The van der Waals surface area contributed by atoms with Crippen LogP contribution < -0.4 is 21.7 Å². The van der Waals surface area contributed by atoms with Crippen LogP contribution in [0.5, 0.6) is 0 Å². The lowest BCUT2D eigenvalue weighted by atomic mass is 9.53. The van der Waals surface area contributed by atoms with E-state index < -0.39 is 11.9 Å². The molecule has 1 atom stereocenters. The highest BCUT2D eigenvalue weighted by atomic mass is 16.2. The molecule has 1 aromatic carbocycles. The van der Waals surface area contributed by atoms with Crippen LogP contribution in [0.4, 0.5) is 4.79 Å². The molecule has 4 bridgehead atoms. The molecule has 7 nitrogen and oxygen atoms in total. The Morgan fingerprint density at radius 1 is 1.00 bits per heavy atom. The number of hydrogen-bond acceptors (Lipinski definition) is 3. The van der Waals surface area contributed by atoms with E-state index >= 15 is 0 Å². The molecule has 0 aliphatic heterocycles. The minimum Gasteiger partial charge on any atom is -0.368 e. The number of hydrogen-bond donors (Lipinski definition) is 4. The number of benzene rings is 1. The van der Waals surface area contributed by atoms with E-state index in [0.29, 0.717) is 5.56 Å². The van der Waals surface area contributed by atoms with Crippen molar-refractivity contribution in [1.82, 2.24) is 16.0 Å². The van der Waals surface area contributed by atoms with Gasteiger partial charge in [0, 0.05) is 18.5 Å². The third kappa shape index (κ3) is 4.54. The summed E-state index contributed by atoms with van der Waals surface area (Å²) >= 11 is 0. The first-order valence-electron chi connectivity index (χ1n) is 10.6. The summed E-state index contributed by atoms with van der Waals surface area (Å²) in [5.74, 6) is 1.34. The standard InChI is InChI=1S/C22H30N4O3/c23-20(28)19(17-4-2-1-3-5-17)25-18(27)6-7-24-21(29)26-22-11-14-8-15(12-22)10-16(9-14)13-22/h1-5,14-16,19H,6-13H2,(H2,23,28)(H,25,27)(H2,24,26,29). The summed E-state index contributed by atoms with van der Waals surface area (Å²) in [6.45, 7) is 0.213. The Kier molecular flexibility index (Phi) is 5.48. The van der Waals surface area contributed by atoms with E-state index in [-0.39, 0.29) is 30.4 Å². The summed E-state index contributed by atoms with van der Waals surface area (Å²) in [6, 6.07) is 7.82. The first-order valence-corrected chi connectivity index (χ1v) is 10.6.